The van der Waals surface area contributed by atoms with Crippen molar-refractivity contribution in [2.24, 2.45) is 0 Å². The minimum Gasteiger partial charge on any atom is -0.467 e. The van der Waals surface area contributed by atoms with Crippen LogP contribution in [0.2, 0.25) is 0 Å². The van der Waals surface area contributed by atoms with Crippen LogP contribution in [0.3, 0.4) is 0 Å². The van der Waals surface area contributed by atoms with E-state index in [1.54, 1.807) is 18.4 Å². The average Bonchev–Trinajstić information content (AvgIpc) is 3.04. The van der Waals surface area contributed by atoms with Crippen LogP contribution in [0, 0.1) is 10.1 Å². The van der Waals surface area contributed by atoms with Crippen molar-refractivity contribution in [1.29, 1.82) is 0 Å². The predicted molar refractivity (Wildman–Crippen MR) is 91.4 cm³/mol. The average molecular weight is 348 g/mol. The number of hydrogen-bond acceptors (Lipinski definition) is 9. The third kappa shape index (κ3) is 3.79. The fourth-order valence-electron chi connectivity index (χ4n) is 2.86. The Kier molecular flexibility index (Phi) is 4.70. The molecule has 3 heterocycles. The summed E-state index contributed by atoms with van der Waals surface area (Å²) in [5, 5.41) is 14.4. The number of nitrogen functional groups attached to an aromatic ring is 1. The summed E-state index contributed by atoms with van der Waals surface area (Å²) in [6.45, 7) is 5.14. The Bertz CT molecular complexity index is 741. The highest BCUT2D eigenvalue weighted by Gasteiger charge is 2.32. The first kappa shape index (κ1) is 17.0. The lowest BCUT2D eigenvalue weighted by atomic mass is 10.2. The van der Waals surface area contributed by atoms with E-state index in [1.165, 1.54) is 0 Å². The molecule has 1 aliphatic rings. The fourth-order valence-corrected chi connectivity index (χ4v) is 2.86. The van der Waals surface area contributed by atoms with Crippen LogP contribution in [0.25, 0.3) is 0 Å². The molecule has 2 aromatic heterocycles. The first-order chi connectivity index (χ1) is 11.9. The van der Waals surface area contributed by atoms with Gasteiger partial charge < -0.3 is 25.1 Å². The summed E-state index contributed by atoms with van der Waals surface area (Å²) >= 11 is 0. The van der Waals surface area contributed by atoms with Gasteiger partial charge in [0.2, 0.25) is 17.6 Å². The molecule has 2 aromatic rings. The van der Waals surface area contributed by atoms with Crippen LogP contribution in [0.15, 0.2) is 22.8 Å². The molecule has 0 amide bonds. The zero-order valence-electron chi connectivity index (χ0n) is 14.0. The molecule has 10 heteroatoms. The van der Waals surface area contributed by atoms with E-state index in [2.05, 4.69) is 15.3 Å². The van der Waals surface area contributed by atoms with Crippen molar-refractivity contribution in [2.75, 3.05) is 29.0 Å². The number of anilines is 3. The van der Waals surface area contributed by atoms with Gasteiger partial charge in [0, 0.05) is 13.1 Å². The molecule has 2 atom stereocenters. The summed E-state index contributed by atoms with van der Waals surface area (Å²) in [4.78, 5) is 21.1. The van der Waals surface area contributed by atoms with Gasteiger partial charge in [0.1, 0.15) is 5.76 Å². The van der Waals surface area contributed by atoms with Gasteiger partial charge in [0.05, 0.1) is 29.9 Å². The summed E-state index contributed by atoms with van der Waals surface area (Å²) < 4.78 is 10.9. The number of nitrogens with two attached hydrogens (primary N) is 1. The Morgan fingerprint density at radius 2 is 2.12 bits per heavy atom. The molecule has 1 aliphatic heterocycles. The molecule has 0 saturated carbocycles. The second kappa shape index (κ2) is 6.93. The van der Waals surface area contributed by atoms with Gasteiger partial charge in [-0.25, -0.2) is 0 Å². The maximum absolute atomic E-state index is 11.5. The molecule has 0 spiro atoms. The van der Waals surface area contributed by atoms with Gasteiger partial charge in [0.15, 0.2) is 0 Å². The second-order valence-electron chi connectivity index (χ2n) is 5.96. The molecule has 3 N–H and O–H groups in total. The second-order valence-corrected chi connectivity index (χ2v) is 5.96. The Labute approximate surface area is 144 Å². The number of ether oxygens (including phenoxy) is 1. The van der Waals surface area contributed by atoms with Crippen molar-refractivity contribution >= 4 is 23.3 Å². The predicted octanol–water partition coefficient (Wildman–Crippen LogP) is 1.79. The normalized spacial score (nSPS) is 20.5. The van der Waals surface area contributed by atoms with Gasteiger partial charge in [-0.2, -0.15) is 9.97 Å². The highest BCUT2D eigenvalue weighted by Crippen LogP contribution is 2.33. The van der Waals surface area contributed by atoms with Gasteiger partial charge in [0.25, 0.3) is 0 Å². The van der Waals surface area contributed by atoms with Crippen molar-refractivity contribution < 1.29 is 14.1 Å². The molecule has 1 saturated heterocycles. The molecule has 1 fully saturated rings. The number of hydrogen-bond donors (Lipinski definition) is 2. The zero-order valence-corrected chi connectivity index (χ0v) is 14.0. The van der Waals surface area contributed by atoms with Crippen LogP contribution >= 0.6 is 0 Å². The number of rotatable bonds is 5. The van der Waals surface area contributed by atoms with Gasteiger partial charge in [-0.1, -0.05) is 0 Å². The van der Waals surface area contributed by atoms with Crippen LogP contribution in [0.1, 0.15) is 19.6 Å². The van der Waals surface area contributed by atoms with E-state index < -0.39 is 4.92 Å². The van der Waals surface area contributed by atoms with Gasteiger partial charge >= 0.3 is 5.69 Å². The van der Waals surface area contributed by atoms with Crippen LogP contribution in [0.5, 0.6) is 0 Å². The number of aromatic nitrogens is 2. The first-order valence-corrected chi connectivity index (χ1v) is 7.92. The minimum atomic E-state index is -0.550. The zero-order chi connectivity index (χ0) is 18.0. The van der Waals surface area contributed by atoms with Gasteiger partial charge in [-0.05, 0) is 26.0 Å². The highest BCUT2D eigenvalue weighted by molar-refractivity contribution is 5.71. The Morgan fingerprint density at radius 3 is 2.72 bits per heavy atom. The largest absolute Gasteiger partial charge is 0.467 e. The Hall–Kier alpha value is -2.88. The number of nitrogens with zero attached hydrogens (tertiary/aromatic N) is 4. The summed E-state index contributed by atoms with van der Waals surface area (Å²) in [7, 11) is 0. The van der Waals surface area contributed by atoms with E-state index >= 15 is 0 Å². The standard InChI is InChI=1S/C15H20N6O4/c1-9-7-20(8-10(2)25-9)14-12(21(22)23)13(16)18-15(19-14)17-6-11-4-3-5-24-11/h3-5,9-10H,6-8H2,1-2H3,(H3,16,17,18,19)/t9-,10+. The lowest BCUT2D eigenvalue weighted by Crippen LogP contribution is -2.46. The van der Waals surface area contributed by atoms with Crippen LogP contribution < -0.4 is 16.0 Å². The molecular weight excluding hydrogens is 328 g/mol. The van der Waals surface area contributed by atoms with Crippen molar-refractivity contribution in [3.63, 3.8) is 0 Å². The van der Waals surface area contributed by atoms with Crippen LogP contribution in [-0.4, -0.2) is 40.2 Å². The van der Waals surface area contributed by atoms with E-state index in [4.69, 9.17) is 14.9 Å². The number of morpholine rings is 1. The molecule has 3 rings (SSSR count). The third-order valence-electron chi connectivity index (χ3n) is 3.80. The molecule has 0 unspecified atom stereocenters. The molecule has 134 valence electrons. The number of furan rings is 1. The van der Waals surface area contributed by atoms with E-state index in [9.17, 15) is 10.1 Å². The molecule has 0 aromatic carbocycles. The molecule has 25 heavy (non-hydrogen) atoms. The van der Waals surface area contributed by atoms with Crippen molar-refractivity contribution in [2.45, 2.75) is 32.6 Å². The fraction of sp³-hybridized carbons (Fsp3) is 0.467. The topological polar surface area (TPSA) is 133 Å². The molecular formula is C15H20N6O4. The Balaban J connectivity index is 1.91. The summed E-state index contributed by atoms with van der Waals surface area (Å²) in [6.07, 6.45) is 1.42. The first-order valence-electron chi connectivity index (χ1n) is 7.92. The SMILES string of the molecule is C[C@@H]1CN(c2nc(NCc3ccco3)nc(N)c2[N+](=O)[O-])C[C@H](C)O1. The van der Waals surface area contributed by atoms with Crippen LogP contribution in [0.4, 0.5) is 23.3 Å². The molecule has 0 aliphatic carbocycles. The molecule has 0 bridgehead atoms. The van der Waals surface area contributed by atoms with E-state index in [-0.39, 0.29) is 35.5 Å². The van der Waals surface area contributed by atoms with E-state index in [0.29, 0.717) is 25.4 Å². The van der Waals surface area contributed by atoms with Crippen molar-refractivity contribution in [3.8, 4) is 0 Å². The van der Waals surface area contributed by atoms with Gasteiger partial charge in [-0.15, -0.1) is 0 Å². The maximum Gasteiger partial charge on any atom is 0.353 e. The Morgan fingerprint density at radius 1 is 1.40 bits per heavy atom. The molecule has 10 nitrogen and oxygen atoms in total. The monoisotopic (exact) mass is 348 g/mol. The molecule has 0 radical (unpaired) electrons. The lowest BCUT2D eigenvalue weighted by Gasteiger charge is -2.35. The van der Waals surface area contributed by atoms with Crippen LogP contribution in [-0.2, 0) is 11.3 Å². The van der Waals surface area contributed by atoms with E-state index in [1.807, 2.05) is 18.7 Å². The number of nitrogens with one attached hydrogen (secondary N) is 1. The summed E-state index contributed by atoms with van der Waals surface area (Å²) in [5.74, 6) is 0.919. The lowest BCUT2D eigenvalue weighted by molar-refractivity contribution is -0.383. The third-order valence-corrected chi connectivity index (χ3v) is 3.80. The summed E-state index contributed by atoms with van der Waals surface area (Å²) in [6, 6.07) is 3.57. The van der Waals surface area contributed by atoms with Crippen molar-refractivity contribution in [3.05, 3.63) is 34.3 Å². The summed E-state index contributed by atoms with van der Waals surface area (Å²) in [5.41, 5.74) is 5.55. The minimum absolute atomic E-state index is 0.0703. The number of nitro groups is 1. The van der Waals surface area contributed by atoms with Gasteiger partial charge in [-0.3, -0.25) is 10.1 Å². The van der Waals surface area contributed by atoms with Crippen molar-refractivity contribution in [1.82, 2.24) is 9.97 Å². The smallest absolute Gasteiger partial charge is 0.353 e. The quantitative estimate of drug-likeness (QED) is 0.612. The maximum atomic E-state index is 11.5. The highest BCUT2D eigenvalue weighted by atomic mass is 16.6. The van der Waals surface area contributed by atoms with E-state index in [0.717, 1.165) is 0 Å².